The van der Waals surface area contributed by atoms with Gasteiger partial charge in [0.15, 0.2) is 0 Å². The van der Waals surface area contributed by atoms with Crippen molar-refractivity contribution in [1.29, 1.82) is 0 Å². The van der Waals surface area contributed by atoms with Crippen LogP contribution in [0.15, 0.2) is 36.4 Å². The first-order valence-electron chi connectivity index (χ1n) is 10.3. The summed E-state index contributed by atoms with van der Waals surface area (Å²) >= 11 is 6.23. The quantitative estimate of drug-likeness (QED) is 0.683. The molecule has 5 nitrogen and oxygen atoms in total. The third kappa shape index (κ3) is 5.17. The standard InChI is InChI=1S/C23H28ClN3O2/c1-3-27(4-2)14-13-25-22(28)20-15-17(11-12-21(20)24)26-23(29)19-10-6-8-16-7-5-9-18(16)19/h6,8,10-12,15H,3-5,7,9,13-14H2,1-2H3,(H,25,28)(H,26,29). The second kappa shape index (κ2) is 9.90. The number of aryl methyl sites for hydroxylation is 1. The van der Waals surface area contributed by atoms with E-state index in [2.05, 4.69) is 35.4 Å². The van der Waals surface area contributed by atoms with Crippen molar-refractivity contribution >= 4 is 29.1 Å². The predicted octanol–water partition coefficient (Wildman–Crippen LogP) is 4.15. The Hall–Kier alpha value is -2.37. The molecule has 0 heterocycles. The van der Waals surface area contributed by atoms with Crippen LogP contribution >= 0.6 is 11.6 Å². The highest BCUT2D eigenvalue weighted by molar-refractivity contribution is 6.34. The molecule has 0 saturated heterocycles. The number of nitrogens with one attached hydrogen (secondary N) is 2. The second-order valence-electron chi connectivity index (χ2n) is 7.23. The Labute approximate surface area is 177 Å². The largest absolute Gasteiger partial charge is 0.351 e. The molecule has 0 radical (unpaired) electrons. The van der Waals surface area contributed by atoms with E-state index < -0.39 is 0 Å². The molecule has 154 valence electrons. The number of hydrogen-bond donors (Lipinski definition) is 2. The van der Waals surface area contributed by atoms with Crippen LogP contribution in [-0.2, 0) is 12.8 Å². The molecule has 2 aromatic rings. The fourth-order valence-corrected chi connectivity index (χ4v) is 3.97. The van der Waals surface area contributed by atoms with Crippen LogP contribution in [0.2, 0.25) is 5.02 Å². The fraction of sp³-hybridized carbons (Fsp3) is 0.391. The average Bonchev–Trinajstić information content (AvgIpc) is 3.21. The summed E-state index contributed by atoms with van der Waals surface area (Å²) in [5.41, 5.74) is 4.02. The molecule has 1 aliphatic carbocycles. The van der Waals surface area contributed by atoms with Gasteiger partial charge in [-0.25, -0.2) is 0 Å². The van der Waals surface area contributed by atoms with E-state index >= 15 is 0 Å². The molecule has 0 saturated carbocycles. The summed E-state index contributed by atoms with van der Waals surface area (Å²) in [4.78, 5) is 27.6. The van der Waals surface area contributed by atoms with Gasteiger partial charge in [-0.3, -0.25) is 9.59 Å². The van der Waals surface area contributed by atoms with Gasteiger partial charge in [-0.15, -0.1) is 0 Å². The highest BCUT2D eigenvalue weighted by atomic mass is 35.5. The van der Waals surface area contributed by atoms with Crippen molar-refractivity contribution in [2.45, 2.75) is 33.1 Å². The normalized spacial score (nSPS) is 12.7. The van der Waals surface area contributed by atoms with Gasteiger partial charge in [-0.2, -0.15) is 0 Å². The third-order valence-corrected chi connectivity index (χ3v) is 5.80. The molecule has 0 aliphatic heterocycles. The molecule has 6 heteroatoms. The first-order chi connectivity index (χ1) is 14.0. The van der Waals surface area contributed by atoms with Crippen molar-refractivity contribution in [2.75, 3.05) is 31.5 Å². The first kappa shape index (κ1) is 21.3. The number of nitrogens with zero attached hydrogens (tertiary/aromatic N) is 1. The Kier molecular flexibility index (Phi) is 7.29. The molecule has 0 spiro atoms. The van der Waals surface area contributed by atoms with Gasteiger partial charge in [0.05, 0.1) is 10.6 Å². The summed E-state index contributed by atoms with van der Waals surface area (Å²) in [7, 11) is 0. The molecule has 29 heavy (non-hydrogen) atoms. The summed E-state index contributed by atoms with van der Waals surface area (Å²) < 4.78 is 0. The minimum Gasteiger partial charge on any atom is -0.351 e. The first-order valence-corrected chi connectivity index (χ1v) is 10.6. The van der Waals surface area contributed by atoms with Gasteiger partial charge in [-0.05, 0) is 67.7 Å². The Bertz CT molecular complexity index is 894. The lowest BCUT2D eigenvalue weighted by Crippen LogP contribution is -2.34. The average molecular weight is 414 g/mol. The highest BCUT2D eigenvalue weighted by Crippen LogP contribution is 2.26. The van der Waals surface area contributed by atoms with Crippen LogP contribution in [0, 0.1) is 0 Å². The maximum atomic E-state index is 12.8. The van der Waals surface area contributed by atoms with Crippen molar-refractivity contribution < 1.29 is 9.59 Å². The molecular formula is C23H28ClN3O2. The van der Waals surface area contributed by atoms with Crippen molar-refractivity contribution in [3.05, 3.63) is 63.7 Å². The van der Waals surface area contributed by atoms with Gasteiger partial charge in [0, 0.05) is 24.3 Å². The second-order valence-corrected chi connectivity index (χ2v) is 7.64. The monoisotopic (exact) mass is 413 g/mol. The fourth-order valence-electron chi connectivity index (χ4n) is 3.77. The van der Waals surface area contributed by atoms with E-state index in [1.165, 1.54) is 5.56 Å². The summed E-state index contributed by atoms with van der Waals surface area (Å²) in [5.74, 6) is -0.391. The zero-order valence-corrected chi connectivity index (χ0v) is 17.8. The van der Waals surface area contributed by atoms with Crippen LogP contribution in [-0.4, -0.2) is 42.9 Å². The number of anilines is 1. The van der Waals surface area contributed by atoms with Crippen molar-refractivity contribution in [3.8, 4) is 0 Å². The predicted molar refractivity (Wildman–Crippen MR) is 118 cm³/mol. The molecule has 0 atom stereocenters. The lowest BCUT2D eigenvalue weighted by molar-refractivity contribution is 0.0947. The molecule has 0 fully saturated rings. The van der Waals surface area contributed by atoms with Crippen molar-refractivity contribution in [1.82, 2.24) is 10.2 Å². The molecule has 2 N–H and O–H groups in total. The number of hydrogen-bond acceptors (Lipinski definition) is 3. The van der Waals surface area contributed by atoms with Crippen molar-refractivity contribution in [2.24, 2.45) is 0 Å². The Morgan fingerprint density at radius 2 is 1.83 bits per heavy atom. The van der Waals surface area contributed by atoms with Crippen LogP contribution < -0.4 is 10.6 Å². The molecule has 0 unspecified atom stereocenters. The van der Waals surface area contributed by atoms with E-state index in [1.807, 2.05) is 12.1 Å². The summed E-state index contributed by atoms with van der Waals surface area (Å²) in [6.45, 7) is 7.40. The van der Waals surface area contributed by atoms with E-state index in [0.29, 0.717) is 28.4 Å². The Balaban J connectivity index is 1.68. The SMILES string of the molecule is CCN(CC)CCNC(=O)c1cc(NC(=O)c2cccc3c2CCC3)ccc1Cl. The van der Waals surface area contributed by atoms with Crippen LogP contribution in [0.3, 0.4) is 0 Å². The van der Waals surface area contributed by atoms with Crippen LogP contribution in [0.5, 0.6) is 0 Å². The van der Waals surface area contributed by atoms with Crippen LogP contribution in [0.25, 0.3) is 0 Å². The van der Waals surface area contributed by atoms with E-state index in [0.717, 1.165) is 44.5 Å². The maximum absolute atomic E-state index is 12.8. The lowest BCUT2D eigenvalue weighted by Gasteiger charge is -2.18. The van der Waals surface area contributed by atoms with Crippen LogP contribution in [0.4, 0.5) is 5.69 Å². The zero-order valence-electron chi connectivity index (χ0n) is 17.1. The van der Waals surface area contributed by atoms with E-state index in [-0.39, 0.29) is 11.8 Å². The number of amides is 2. The number of benzene rings is 2. The maximum Gasteiger partial charge on any atom is 0.255 e. The van der Waals surface area contributed by atoms with Crippen molar-refractivity contribution in [3.63, 3.8) is 0 Å². The number of rotatable bonds is 8. The van der Waals surface area contributed by atoms with E-state index in [1.54, 1.807) is 18.2 Å². The molecule has 2 aromatic carbocycles. The minimum absolute atomic E-state index is 0.154. The smallest absolute Gasteiger partial charge is 0.255 e. The van der Waals surface area contributed by atoms with E-state index in [9.17, 15) is 9.59 Å². The number of fused-ring (bicyclic) bond motifs is 1. The molecule has 2 amide bonds. The summed E-state index contributed by atoms with van der Waals surface area (Å²) in [6.07, 6.45) is 3.04. The third-order valence-electron chi connectivity index (χ3n) is 5.47. The zero-order chi connectivity index (χ0) is 20.8. The number of likely N-dealkylation sites (N-methyl/N-ethyl adjacent to an activating group) is 1. The molecular weight excluding hydrogens is 386 g/mol. The van der Waals surface area contributed by atoms with Gasteiger partial charge < -0.3 is 15.5 Å². The number of carbonyl (C=O) groups is 2. The number of halogens is 1. The minimum atomic E-state index is -0.237. The Morgan fingerprint density at radius 3 is 2.59 bits per heavy atom. The van der Waals surface area contributed by atoms with Gasteiger partial charge >= 0.3 is 0 Å². The van der Waals surface area contributed by atoms with E-state index in [4.69, 9.17) is 11.6 Å². The Morgan fingerprint density at radius 1 is 1.03 bits per heavy atom. The van der Waals surface area contributed by atoms with Gasteiger partial charge in [0.1, 0.15) is 0 Å². The molecule has 0 aromatic heterocycles. The molecule has 1 aliphatic rings. The number of carbonyl (C=O) groups excluding carboxylic acids is 2. The van der Waals surface area contributed by atoms with Gasteiger partial charge in [0.25, 0.3) is 11.8 Å². The topological polar surface area (TPSA) is 61.4 Å². The highest BCUT2D eigenvalue weighted by Gasteiger charge is 2.19. The lowest BCUT2D eigenvalue weighted by atomic mass is 10.0. The van der Waals surface area contributed by atoms with Gasteiger partial charge in [-0.1, -0.05) is 37.6 Å². The summed E-state index contributed by atoms with van der Waals surface area (Å²) in [5, 5.41) is 6.19. The molecule has 0 bridgehead atoms. The molecule has 3 rings (SSSR count). The van der Waals surface area contributed by atoms with Crippen LogP contribution in [0.1, 0.15) is 52.1 Å². The summed E-state index contributed by atoms with van der Waals surface area (Å²) in [6, 6.07) is 10.9. The van der Waals surface area contributed by atoms with Gasteiger partial charge in [0.2, 0.25) is 0 Å².